The second-order valence-corrected chi connectivity index (χ2v) is 8.24. The number of carboxylic acids is 2. The fourth-order valence-corrected chi connectivity index (χ4v) is 4.17. The fourth-order valence-electron chi connectivity index (χ4n) is 3.71. The Bertz CT molecular complexity index is 1100. The first-order valence-corrected chi connectivity index (χ1v) is 11.6. The van der Waals surface area contributed by atoms with Gasteiger partial charge in [-0.25, -0.2) is 0 Å². The van der Waals surface area contributed by atoms with E-state index in [1.807, 2.05) is 24.5 Å². The molecule has 0 fully saturated rings. The van der Waals surface area contributed by atoms with Crippen molar-refractivity contribution >= 4 is 23.7 Å². The van der Waals surface area contributed by atoms with Crippen molar-refractivity contribution in [1.82, 2.24) is 0 Å². The van der Waals surface area contributed by atoms with Gasteiger partial charge in [0, 0.05) is 11.6 Å². The zero-order valence-corrected chi connectivity index (χ0v) is 20.4. The molecule has 3 rings (SSSR count). The quantitative estimate of drug-likeness (QED) is 0.493. The molecule has 2 aromatic carbocycles. The normalized spacial score (nSPS) is 13.9. The highest BCUT2D eigenvalue weighted by molar-refractivity contribution is 7.98. The molecule has 0 bridgehead atoms. The predicted molar refractivity (Wildman–Crippen MR) is 129 cm³/mol. The van der Waals surface area contributed by atoms with Crippen LogP contribution >= 0.6 is 11.8 Å². The van der Waals surface area contributed by atoms with E-state index in [9.17, 15) is 14.4 Å². The van der Waals surface area contributed by atoms with Crippen LogP contribution in [0.25, 0.3) is 11.1 Å². The van der Waals surface area contributed by atoms with Crippen LogP contribution in [-0.2, 0) is 16.0 Å². The highest BCUT2D eigenvalue weighted by Crippen LogP contribution is 2.49. The maximum atomic E-state index is 12.5. The highest BCUT2D eigenvalue weighted by atomic mass is 32.2. The van der Waals surface area contributed by atoms with E-state index in [4.69, 9.17) is 30.2 Å². The lowest BCUT2D eigenvalue weighted by Gasteiger charge is -2.19. The van der Waals surface area contributed by atoms with Crippen molar-refractivity contribution < 1.29 is 34.0 Å². The smallest absolute Gasteiger partial charge is 0.303 e. The molecule has 0 saturated carbocycles. The zero-order valence-electron chi connectivity index (χ0n) is 19.5. The fraction of sp³-hybridized carbons (Fsp3) is 0.375. The molecule has 2 aromatic rings. The molecule has 1 atom stereocenters. The number of nitrogens with two attached hydrogens (primary N) is 1. The topological polar surface area (TPSA) is 145 Å². The van der Waals surface area contributed by atoms with Crippen molar-refractivity contribution in [3.8, 4) is 28.4 Å². The van der Waals surface area contributed by atoms with Gasteiger partial charge in [-0.1, -0.05) is 6.07 Å². The summed E-state index contributed by atoms with van der Waals surface area (Å²) in [5, 5.41) is 15.8. The molecule has 4 N–H and O–H groups in total. The summed E-state index contributed by atoms with van der Waals surface area (Å²) in [6.45, 7) is 0. The van der Waals surface area contributed by atoms with Crippen LogP contribution in [0.3, 0.4) is 0 Å². The van der Waals surface area contributed by atoms with E-state index < -0.39 is 11.9 Å². The standard InChI is InChI=1S/C20H23NO4S.C4H6O4/c1-23-16-9-11-5-7-14(21)13-10-15(22)17(26-4)8-6-12(13)18(11)20(25-3)19(16)24-2;5-3(6)1-2-4(7)8/h6,8-10,14H,5,7,21H2,1-4H3;1-2H2,(H,5,6)(H,7,8)/t14-;/m0./s1. The van der Waals surface area contributed by atoms with E-state index in [2.05, 4.69) is 0 Å². The molecule has 0 heterocycles. The minimum Gasteiger partial charge on any atom is -0.493 e. The summed E-state index contributed by atoms with van der Waals surface area (Å²) in [7, 11) is 4.80. The van der Waals surface area contributed by atoms with Crippen LogP contribution in [0.15, 0.2) is 34.0 Å². The molecule has 1 aliphatic rings. The van der Waals surface area contributed by atoms with Crippen molar-refractivity contribution in [3.63, 3.8) is 0 Å². The van der Waals surface area contributed by atoms with Gasteiger partial charge < -0.3 is 30.2 Å². The largest absolute Gasteiger partial charge is 0.493 e. The SMILES string of the molecule is COc1cc2c(c(OC)c1OC)-c1ccc(SC)c(=O)cc1[C@@H](N)CC2.O=C(O)CCC(=O)O. The average molecular weight is 492 g/mol. The van der Waals surface area contributed by atoms with E-state index in [0.717, 1.165) is 35.1 Å². The molecule has 0 aliphatic heterocycles. The van der Waals surface area contributed by atoms with Crippen molar-refractivity contribution in [2.24, 2.45) is 5.73 Å². The number of methoxy groups -OCH3 is 3. The van der Waals surface area contributed by atoms with Gasteiger partial charge in [-0.2, -0.15) is 0 Å². The van der Waals surface area contributed by atoms with Gasteiger partial charge in [-0.05, 0) is 54.0 Å². The number of rotatable bonds is 7. The monoisotopic (exact) mass is 491 g/mol. The zero-order chi connectivity index (χ0) is 25.4. The van der Waals surface area contributed by atoms with Gasteiger partial charge >= 0.3 is 11.9 Å². The number of aryl methyl sites for hydroxylation is 1. The third kappa shape index (κ3) is 6.21. The molecule has 0 saturated heterocycles. The Kier molecular flexibility index (Phi) is 9.76. The average Bonchev–Trinajstić information content (AvgIpc) is 3.05. The van der Waals surface area contributed by atoms with Crippen LogP contribution in [0.5, 0.6) is 17.2 Å². The number of ether oxygens (including phenoxy) is 3. The number of hydrogen-bond donors (Lipinski definition) is 3. The highest BCUT2D eigenvalue weighted by Gasteiger charge is 2.27. The van der Waals surface area contributed by atoms with Crippen LogP contribution in [0.1, 0.15) is 36.4 Å². The van der Waals surface area contributed by atoms with E-state index in [1.54, 1.807) is 27.4 Å². The molecule has 1 aliphatic carbocycles. The van der Waals surface area contributed by atoms with Crippen LogP contribution in [0, 0.1) is 0 Å². The summed E-state index contributed by atoms with van der Waals surface area (Å²) in [4.78, 5) is 32.5. The molecular weight excluding hydrogens is 462 g/mol. The third-order valence-corrected chi connectivity index (χ3v) is 6.10. The van der Waals surface area contributed by atoms with Crippen molar-refractivity contribution in [1.29, 1.82) is 0 Å². The van der Waals surface area contributed by atoms with Gasteiger partial charge in [0.15, 0.2) is 16.9 Å². The summed E-state index contributed by atoms with van der Waals surface area (Å²) < 4.78 is 16.8. The maximum Gasteiger partial charge on any atom is 0.303 e. The molecule has 0 amide bonds. The molecule has 184 valence electrons. The molecule has 0 aromatic heterocycles. The number of carboxylic acid groups (broad SMARTS) is 2. The molecule has 0 radical (unpaired) electrons. The van der Waals surface area contributed by atoms with Gasteiger partial charge in [0.25, 0.3) is 0 Å². The van der Waals surface area contributed by atoms with E-state index in [1.165, 1.54) is 11.8 Å². The lowest BCUT2D eigenvalue weighted by atomic mass is 9.95. The maximum absolute atomic E-state index is 12.5. The number of fused-ring (bicyclic) bond motifs is 3. The molecule has 34 heavy (non-hydrogen) atoms. The number of benzene rings is 1. The van der Waals surface area contributed by atoms with Crippen molar-refractivity contribution in [2.45, 2.75) is 36.6 Å². The molecule has 0 unspecified atom stereocenters. The number of thioether (sulfide) groups is 1. The van der Waals surface area contributed by atoms with Crippen LogP contribution in [0.2, 0.25) is 0 Å². The lowest BCUT2D eigenvalue weighted by Crippen LogP contribution is -2.12. The summed E-state index contributed by atoms with van der Waals surface area (Å²) in [5.74, 6) is -0.398. The Morgan fingerprint density at radius 1 is 1.03 bits per heavy atom. The van der Waals surface area contributed by atoms with E-state index in [-0.39, 0.29) is 24.3 Å². The Morgan fingerprint density at radius 3 is 2.15 bits per heavy atom. The predicted octanol–water partition coefficient (Wildman–Crippen LogP) is 3.34. The van der Waals surface area contributed by atoms with Crippen molar-refractivity contribution in [3.05, 3.63) is 45.6 Å². The van der Waals surface area contributed by atoms with E-state index in [0.29, 0.717) is 22.1 Å². The summed E-state index contributed by atoms with van der Waals surface area (Å²) in [6, 6.07) is 7.22. The second kappa shape index (κ2) is 12.3. The first-order chi connectivity index (χ1) is 16.2. The van der Waals surface area contributed by atoms with Gasteiger partial charge in [0.05, 0.1) is 39.1 Å². The first-order valence-electron chi connectivity index (χ1n) is 10.4. The third-order valence-electron chi connectivity index (χ3n) is 5.32. The summed E-state index contributed by atoms with van der Waals surface area (Å²) >= 11 is 1.43. The van der Waals surface area contributed by atoms with Crippen LogP contribution in [-0.4, -0.2) is 49.7 Å². The lowest BCUT2D eigenvalue weighted by molar-refractivity contribution is -0.143. The summed E-state index contributed by atoms with van der Waals surface area (Å²) in [5.41, 5.74) is 10.1. The van der Waals surface area contributed by atoms with Gasteiger partial charge in [-0.15, -0.1) is 11.8 Å². The second-order valence-electron chi connectivity index (χ2n) is 7.39. The Balaban J connectivity index is 0.000000440. The molecule has 9 nitrogen and oxygen atoms in total. The minimum absolute atomic E-state index is 0.0166. The molecule has 0 spiro atoms. The minimum atomic E-state index is -1.08. The summed E-state index contributed by atoms with van der Waals surface area (Å²) in [6.07, 6.45) is 2.79. The van der Waals surface area contributed by atoms with Gasteiger partial charge in [0.2, 0.25) is 5.75 Å². The first kappa shape index (κ1) is 27.0. The number of aliphatic carboxylic acids is 2. The molecular formula is C24H29NO8S. The van der Waals surface area contributed by atoms with Crippen LogP contribution < -0.4 is 25.4 Å². The Labute approximate surface area is 201 Å². The number of hydrogen-bond acceptors (Lipinski definition) is 8. The number of carbonyl (C=O) groups is 2. The van der Waals surface area contributed by atoms with E-state index >= 15 is 0 Å². The molecule has 10 heteroatoms. The van der Waals surface area contributed by atoms with Crippen LogP contribution in [0.4, 0.5) is 0 Å². The van der Waals surface area contributed by atoms with Crippen molar-refractivity contribution in [2.75, 3.05) is 27.6 Å². The Hall–Kier alpha value is -3.24. The Morgan fingerprint density at radius 2 is 1.65 bits per heavy atom. The van der Waals surface area contributed by atoms with Gasteiger partial charge in [0.1, 0.15) is 0 Å². The van der Waals surface area contributed by atoms with Gasteiger partial charge in [-0.3, -0.25) is 14.4 Å².